The maximum absolute atomic E-state index is 13.0. The van der Waals surface area contributed by atoms with E-state index in [1.54, 1.807) is 11.3 Å². The monoisotopic (exact) mass is 496 g/mol. The SMILES string of the molecule is CCOc1ccc(-c2csc(N3CCC(S(=O)(=O)c4cc(Cl)cc(Cl)c4)CC3)n2)cc1. The van der Waals surface area contributed by atoms with Crippen LogP contribution in [0.15, 0.2) is 52.7 Å². The van der Waals surface area contributed by atoms with Gasteiger partial charge < -0.3 is 9.64 Å². The molecular formula is C22H22Cl2N2O3S2. The second-order valence-corrected chi connectivity index (χ2v) is 11.2. The Labute approximate surface area is 196 Å². The lowest BCUT2D eigenvalue weighted by Gasteiger charge is -2.31. The van der Waals surface area contributed by atoms with Crippen LogP contribution in [0.2, 0.25) is 10.0 Å². The summed E-state index contributed by atoms with van der Waals surface area (Å²) in [5, 5.41) is 3.14. The van der Waals surface area contributed by atoms with Gasteiger partial charge in [-0.3, -0.25) is 0 Å². The number of benzene rings is 2. The third kappa shape index (κ3) is 5.00. The van der Waals surface area contributed by atoms with E-state index in [1.807, 2.05) is 36.6 Å². The zero-order chi connectivity index (χ0) is 22.0. The molecular weight excluding hydrogens is 475 g/mol. The van der Waals surface area contributed by atoms with Crippen LogP contribution in [0.3, 0.4) is 0 Å². The number of hydrogen-bond acceptors (Lipinski definition) is 6. The van der Waals surface area contributed by atoms with Crippen molar-refractivity contribution in [2.45, 2.75) is 29.9 Å². The topological polar surface area (TPSA) is 59.5 Å². The predicted molar refractivity (Wildman–Crippen MR) is 128 cm³/mol. The van der Waals surface area contributed by atoms with Gasteiger partial charge in [-0.15, -0.1) is 11.3 Å². The molecule has 0 amide bonds. The van der Waals surface area contributed by atoms with Crippen LogP contribution in [0, 0.1) is 0 Å². The van der Waals surface area contributed by atoms with Gasteiger partial charge in [0.15, 0.2) is 15.0 Å². The molecule has 9 heteroatoms. The second-order valence-electron chi connectivity index (χ2n) is 7.31. The molecule has 2 heterocycles. The summed E-state index contributed by atoms with van der Waals surface area (Å²) in [6.45, 7) is 3.86. The van der Waals surface area contributed by atoms with Gasteiger partial charge in [-0.2, -0.15) is 0 Å². The molecule has 1 aliphatic rings. The van der Waals surface area contributed by atoms with Gasteiger partial charge in [-0.1, -0.05) is 23.2 Å². The van der Waals surface area contributed by atoms with Gasteiger partial charge in [-0.25, -0.2) is 13.4 Å². The fourth-order valence-electron chi connectivity index (χ4n) is 3.67. The largest absolute Gasteiger partial charge is 0.494 e. The van der Waals surface area contributed by atoms with Gasteiger partial charge in [0.2, 0.25) is 0 Å². The van der Waals surface area contributed by atoms with Crippen LogP contribution in [0.4, 0.5) is 5.13 Å². The van der Waals surface area contributed by atoms with Crippen molar-refractivity contribution in [1.82, 2.24) is 4.98 Å². The van der Waals surface area contributed by atoms with Crippen molar-refractivity contribution < 1.29 is 13.2 Å². The number of halogens is 2. The molecule has 164 valence electrons. The van der Waals surface area contributed by atoms with Gasteiger partial charge in [0, 0.05) is 34.1 Å². The maximum atomic E-state index is 13.0. The molecule has 0 unspecified atom stereocenters. The van der Waals surface area contributed by atoms with E-state index in [2.05, 4.69) is 4.90 Å². The normalized spacial score (nSPS) is 15.3. The number of piperidine rings is 1. The van der Waals surface area contributed by atoms with E-state index in [1.165, 1.54) is 18.2 Å². The van der Waals surface area contributed by atoms with Gasteiger partial charge in [-0.05, 0) is 62.2 Å². The smallest absolute Gasteiger partial charge is 0.185 e. The summed E-state index contributed by atoms with van der Waals surface area (Å²) in [6.07, 6.45) is 1.06. The van der Waals surface area contributed by atoms with Crippen LogP contribution in [0.5, 0.6) is 5.75 Å². The highest BCUT2D eigenvalue weighted by Gasteiger charge is 2.32. The van der Waals surface area contributed by atoms with Crippen molar-refractivity contribution >= 4 is 49.5 Å². The zero-order valence-corrected chi connectivity index (χ0v) is 20.1. The van der Waals surface area contributed by atoms with Crippen LogP contribution < -0.4 is 9.64 Å². The molecule has 0 N–H and O–H groups in total. The van der Waals surface area contributed by atoms with Gasteiger partial charge in [0.1, 0.15) is 5.75 Å². The molecule has 1 saturated heterocycles. The maximum Gasteiger partial charge on any atom is 0.185 e. The number of aromatic nitrogens is 1. The first kappa shape index (κ1) is 22.4. The molecule has 31 heavy (non-hydrogen) atoms. The molecule has 3 aromatic rings. The summed E-state index contributed by atoms with van der Waals surface area (Å²) in [7, 11) is -3.48. The Morgan fingerprint density at radius 1 is 1.10 bits per heavy atom. The number of rotatable bonds is 6. The molecule has 0 radical (unpaired) electrons. The molecule has 2 aromatic carbocycles. The second kappa shape index (κ2) is 9.36. The van der Waals surface area contributed by atoms with Gasteiger partial charge >= 0.3 is 0 Å². The number of anilines is 1. The molecule has 0 atom stereocenters. The van der Waals surface area contributed by atoms with Crippen molar-refractivity contribution in [1.29, 1.82) is 0 Å². The minimum Gasteiger partial charge on any atom is -0.494 e. The number of hydrogen-bond donors (Lipinski definition) is 0. The molecule has 0 spiro atoms. The quantitative estimate of drug-likeness (QED) is 0.421. The molecule has 0 aliphatic carbocycles. The van der Waals surface area contributed by atoms with Crippen molar-refractivity contribution in [3.63, 3.8) is 0 Å². The summed E-state index contributed by atoms with van der Waals surface area (Å²) in [4.78, 5) is 7.11. The van der Waals surface area contributed by atoms with E-state index < -0.39 is 15.1 Å². The lowest BCUT2D eigenvalue weighted by atomic mass is 10.1. The Kier molecular flexibility index (Phi) is 6.77. The minimum absolute atomic E-state index is 0.190. The average Bonchev–Trinajstić information content (AvgIpc) is 3.24. The number of sulfone groups is 1. The highest BCUT2D eigenvalue weighted by molar-refractivity contribution is 7.92. The van der Waals surface area contributed by atoms with Gasteiger partial charge in [0.05, 0.1) is 22.4 Å². The Morgan fingerprint density at radius 3 is 2.35 bits per heavy atom. The molecule has 1 aromatic heterocycles. The summed E-state index contributed by atoms with van der Waals surface area (Å²) >= 11 is 13.6. The Balaban J connectivity index is 1.43. The van der Waals surface area contributed by atoms with E-state index in [4.69, 9.17) is 32.9 Å². The summed E-state index contributed by atoms with van der Waals surface area (Å²) < 4.78 is 31.6. The number of thiazole rings is 1. The van der Waals surface area contributed by atoms with Crippen LogP contribution in [-0.2, 0) is 9.84 Å². The number of ether oxygens (including phenoxy) is 1. The van der Waals surface area contributed by atoms with E-state index in [0.717, 1.165) is 22.1 Å². The van der Waals surface area contributed by atoms with Crippen LogP contribution in [0.25, 0.3) is 11.3 Å². The average molecular weight is 497 g/mol. The Morgan fingerprint density at radius 2 is 1.74 bits per heavy atom. The minimum atomic E-state index is -3.48. The van der Waals surface area contributed by atoms with E-state index >= 15 is 0 Å². The zero-order valence-electron chi connectivity index (χ0n) is 16.9. The van der Waals surface area contributed by atoms with Crippen molar-refractivity contribution in [2.24, 2.45) is 0 Å². The van der Waals surface area contributed by atoms with Gasteiger partial charge in [0.25, 0.3) is 0 Å². The molecule has 1 fully saturated rings. The fourth-order valence-corrected chi connectivity index (χ4v) is 7.02. The molecule has 0 bridgehead atoms. The number of nitrogens with zero attached hydrogens (tertiary/aromatic N) is 2. The molecule has 0 saturated carbocycles. The van der Waals surface area contributed by atoms with Crippen LogP contribution >= 0.6 is 34.5 Å². The third-order valence-electron chi connectivity index (χ3n) is 5.27. The third-order valence-corrected chi connectivity index (χ3v) is 8.85. The first-order valence-electron chi connectivity index (χ1n) is 10.0. The fraction of sp³-hybridized carbons (Fsp3) is 0.318. The summed E-state index contributed by atoms with van der Waals surface area (Å²) in [6, 6.07) is 12.4. The van der Waals surface area contributed by atoms with Crippen LogP contribution in [0.1, 0.15) is 19.8 Å². The predicted octanol–water partition coefficient (Wildman–Crippen LogP) is 5.96. The molecule has 5 nitrogen and oxygen atoms in total. The van der Waals surface area contributed by atoms with E-state index in [-0.39, 0.29) is 4.90 Å². The Hall–Kier alpha value is -1.80. The summed E-state index contributed by atoms with van der Waals surface area (Å²) in [5.41, 5.74) is 1.94. The first-order chi connectivity index (χ1) is 14.9. The summed E-state index contributed by atoms with van der Waals surface area (Å²) in [5.74, 6) is 0.839. The highest BCUT2D eigenvalue weighted by atomic mass is 35.5. The first-order valence-corrected chi connectivity index (χ1v) is 13.2. The van der Waals surface area contributed by atoms with Crippen molar-refractivity contribution in [3.05, 3.63) is 57.9 Å². The van der Waals surface area contributed by atoms with E-state index in [0.29, 0.717) is 42.6 Å². The van der Waals surface area contributed by atoms with E-state index in [9.17, 15) is 8.42 Å². The lowest BCUT2D eigenvalue weighted by Crippen LogP contribution is -2.39. The highest BCUT2D eigenvalue weighted by Crippen LogP contribution is 2.33. The lowest BCUT2D eigenvalue weighted by molar-refractivity contribution is 0.340. The Bertz CT molecular complexity index is 1140. The van der Waals surface area contributed by atoms with Crippen molar-refractivity contribution in [3.8, 4) is 17.0 Å². The van der Waals surface area contributed by atoms with Crippen LogP contribution in [-0.4, -0.2) is 38.3 Å². The standard InChI is InChI=1S/C22H22Cl2N2O3S2/c1-2-29-18-5-3-15(4-6-18)21-14-30-22(25-21)26-9-7-19(8-10-26)31(27,28)20-12-16(23)11-17(24)13-20/h3-6,11-14,19H,2,7-10H2,1H3. The molecule has 1 aliphatic heterocycles. The molecule has 4 rings (SSSR count). The van der Waals surface area contributed by atoms with Crippen molar-refractivity contribution in [2.75, 3.05) is 24.6 Å².